The van der Waals surface area contributed by atoms with Crippen LogP contribution < -0.4 is 4.74 Å². The van der Waals surface area contributed by atoms with Crippen LogP contribution in [-0.2, 0) is 6.42 Å². The first-order chi connectivity index (χ1) is 8.11. The second kappa shape index (κ2) is 7.57. The zero-order chi connectivity index (χ0) is 12.7. The molecule has 1 aromatic carbocycles. The van der Waals surface area contributed by atoms with Crippen molar-refractivity contribution in [3.05, 3.63) is 29.8 Å². The predicted molar refractivity (Wildman–Crippen MR) is 73.6 cm³/mol. The first kappa shape index (κ1) is 14.3. The van der Waals surface area contributed by atoms with Crippen LogP contribution in [0.4, 0.5) is 0 Å². The van der Waals surface area contributed by atoms with E-state index in [4.69, 9.17) is 16.5 Å². The van der Waals surface area contributed by atoms with E-state index in [2.05, 4.69) is 26.0 Å². The average molecular weight is 256 g/mol. The highest BCUT2D eigenvalue weighted by Crippen LogP contribution is 2.13. The summed E-state index contributed by atoms with van der Waals surface area (Å²) in [4.78, 5) is 0. The van der Waals surface area contributed by atoms with Gasteiger partial charge in [-0.25, -0.2) is 4.42 Å². The van der Waals surface area contributed by atoms with Gasteiger partial charge in [0.25, 0.3) is 0 Å². The Balaban J connectivity index is 2.25. The molecule has 2 nitrogen and oxygen atoms in total. The lowest BCUT2D eigenvalue weighted by atomic mass is 10.1. The fraction of sp³-hybridized carbons (Fsp3) is 0.571. The molecule has 0 amide bonds. The number of hydrogen-bond donors (Lipinski definition) is 0. The number of benzene rings is 1. The van der Waals surface area contributed by atoms with Crippen LogP contribution in [0.2, 0.25) is 0 Å². The van der Waals surface area contributed by atoms with E-state index in [0.717, 1.165) is 31.7 Å². The largest absolute Gasteiger partial charge is 0.497 e. The van der Waals surface area contributed by atoms with Crippen LogP contribution in [0.3, 0.4) is 0 Å². The van der Waals surface area contributed by atoms with Crippen LogP contribution in [0.1, 0.15) is 25.8 Å². The Morgan fingerprint density at radius 1 is 1.24 bits per heavy atom. The summed E-state index contributed by atoms with van der Waals surface area (Å²) in [5.41, 5.74) is 1.33. The molecule has 3 heteroatoms. The molecule has 17 heavy (non-hydrogen) atoms. The van der Waals surface area contributed by atoms with Gasteiger partial charge in [-0.2, -0.15) is 0 Å². The van der Waals surface area contributed by atoms with E-state index in [0.29, 0.717) is 5.92 Å². The molecule has 0 saturated carbocycles. The van der Waals surface area contributed by atoms with Gasteiger partial charge in [-0.15, -0.1) is 0 Å². The van der Waals surface area contributed by atoms with Gasteiger partial charge in [0.05, 0.1) is 7.11 Å². The van der Waals surface area contributed by atoms with Crippen LogP contribution in [0.25, 0.3) is 0 Å². The second-order valence-corrected chi connectivity index (χ2v) is 5.19. The van der Waals surface area contributed by atoms with Crippen molar-refractivity contribution in [2.75, 3.05) is 20.2 Å². The highest BCUT2D eigenvalue weighted by Gasteiger charge is 2.03. The zero-order valence-electron chi connectivity index (χ0n) is 10.9. The molecule has 0 fully saturated rings. The predicted octanol–water partition coefficient (Wildman–Crippen LogP) is 3.74. The summed E-state index contributed by atoms with van der Waals surface area (Å²) in [6, 6.07) is 8.23. The van der Waals surface area contributed by atoms with Gasteiger partial charge >= 0.3 is 0 Å². The second-order valence-electron chi connectivity index (χ2n) is 4.71. The first-order valence-electron chi connectivity index (χ1n) is 6.15. The Morgan fingerprint density at radius 2 is 1.88 bits per heavy atom. The molecule has 0 radical (unpaired) electrons. The Hall–Kier alpha value is -0.730. The first-order valence-corrected chi connectivity index (χ1v) is 6.49. The number of aryl methyl sites for hydroxylation is 1. The summed E-state index contributed by atoms with van der Waals surface area (Å²) in [5, 5.41) is 0. The molecule has 0 saturated heterocycles. The summed E-state index contributed by atoms with van der Waals surface area (Å²) in [6.45, 7) is 6.24. The molecule has 1 aromatic rings. The third-order valence-corrected chi connectivity index (χ3v) is 2.90. The van der Waals surface area contributed by atoms with Crippen molar-refractivity contribution in [3.8, 4) is 5.75 Å². The molecule has 0 aliphatic heterocycles. The number of nitrogens with zero attached hydrogens (tertiary/aromatic N) is 1. The lowest BCUT2D eigenvalue weighted by molar-refractivity contribution is 0.388. The molecule has 0 aromatic heterocycles. The van der Waals surface area contributed by atoms with Gasteiger partial charge in [-0.05, 0) is 48.2 Å². The third-order valence-electron chi connectivity index (χ3n) is 2.59. The Bertz CT molecular complexity index is 311. The highest BCUT2D eigenvalue weighted by atomic mass is 35.5. The van der Waals surface area contributed by atoms with Crippen molar-refractivity contribution in [3.63, 3.8) is 0 Å². The van der Waals surface area contributed by atoms with Gasteiger partial charge in [-0.1, -0.05) is 26.0 Å². The standard InChI is InChI=1S/C14H22ClNO/c1-12(2)11-16(15)10-4-5-13-6-8-14(17-3)9-7-13/h6-9,12H,4-5,10-11H2,1-3H3. The van der Waals surface area contributed by atoms with Crippen molar-refractivity contribution in [1.29, 1.82) is 0 Å². The Kier molecular flexibility index (Phi) is 6.38. The average Bonchev–Trinajstić information content (AvgIpc) is 2.29. The minimum atomic E-state index is 0.619. The maximum atomic E-state index is 6.10. The smallest absolute Gasteiger partial charge is 0.118 e. The SMILES string of the molecule is COc1ccc(CCCN(Cl)CC(C)C)cc1. The quantitative estimate of drug-likeness (QED) is 0.689. The van der Waals surface area contributed by atoms with Crippen LogP contribution in [0.15, 0.2) is 24.3 Å². The normalized spacial score (nSPS) is 11.2. The number of ether oxygens (including phenoxy) is 1. The molecule has 0 spiro atoms. The summed E-state index contributed by atoms with van der Waals surface area (Å²) in [7, 11) is 1.69. The van der Waals surface area contributed by atoms with Crippen LogP contribution in [0, 0.1) is 5.92 Å². The molecule has 0 aliphatic rings. The van der Waals surface area contributed by atoms with E-state index in [1.54, 1.807) is 7.11 Å². The fourth-order valence-corrected chi connectivity index (χ4v) is 2.13. The molecule has 0 bridgehead atoms. The van der Waals surface area contributed by atoms with Crippen LogP contribution in [0.5, 0.6) is 5.75 Å². The molecular formula is C14H22ClNO. The third kappa shape index (κ3) is 5.94. The molecule has 0 unspecified atom stereocenters. The van der Waals surface area contributed by atoms with Gasteiger partial charge in [0.1, 0.15) is 5.75 Å². The van der Waals surface area contributed by atoms with E-state index in [9.17, 15) is 0 Å². The van der Waals surface area contributed by atoms with Gasteiger partial charge in [-0.3, -0.25) is 0 Å². The van der Waals surface area contributed by atoms with E-state index < -0.39 is 0 Å². The van der Waals surface area contributed by atoms with E-state index in [-0.39, 0.29) is 0 Å². The van der Waals surface area contributed by atoms with E-state index in [1.165, 1.54) is 5.56 Å². The maximum absolute atomic E-state index is 6.10. The lowest BCUT2D eigenvalue weighted by Gasteiger charge is -2.15. The molecule has 0 heterocycles. The minimum Gasteiger partial charge on any atom is -0.497 e. The van der Waals surface area contributed by atoms with E-state index in [1.807, 2.05) is 16.6 Å². The van der Waals surface area contributed by atoms with E-state index >= 15 is 0 Å². The van der Waals surface area contributed by atoms with Crippen molar-refractivity contribution < 1.29 is 4.74 Å². The minimum absolute atomic E-state index is 0.619. The summed E-state index contributed by atoms with van der Waals surface area (Å²) >= 11 is 6.10. The monoisotopic (exact) mass is 255 g/mol. The topological polar surface area (TPSA) is 12.5 Å². The summed E-state index contributed by atoms with van der Waals surface area (Å²) < 4.78 is 7.01. The number of rotatable bonds is 7. The summed E-state index contributed by atoms with van der Waals surface area (Å²) in [5.74, 6) is 1.53. The van der Waals surface area contributed by atoms with Crippen LogP contribution in [-0.4, -0.2) is 24.6 Å². The molecular weight excluding hydrogens is 234 g/mol. The van der Waals surface area contributed by atoms with Crippen molar-refractivity contribution in [2.24, 2.45) is 5.92 Å². The molecule has 0 atom stereocenters. The molecule has 96 valence electrons. The maximum Gasteiger partial charge on any atom is 0.118 e. The van der Waals surface area contributed by atoms with Gasteiger partial charge in [0.2, 0.25) is 0 Å². The van der Waals surface area contributed by atoms with Gasteiger partial charge in [0, 0.05) is 13.1 Å². The molecule has 0 N–H and O–H groups in total. The lowest BCUT2D eigenvalue weighted by Crippen LogP contribution is -2.19. The highest BCUT2D eigenvalue weighted by molar-refractivity contribution is 6.13. The fourth-order valence-electron chi connectivity index (χ4n) is 1.73. The van der Waals surface area contributed by atoms with Crippen molar-refractivity contribution >= 4 is 11.8 Å². The molecule has 1 rings (SSSR count). The van der Waals surface area contributed by atoms with Crippen molar-refractivity contribution in [2.45, 2.75) is 26.7 Å². The van der Waals surface area contributed by atoms with Crippen LogP contribution >= 0.6 is 11.8 Å². The van der Waals surface area contributed by atoms with Gasteiger partial charge < -0.3 is 4.74 Å². The number of methoxy groups -OCH3 is 1. The number of hydrogen-bond acceptors (Lipinski definition) is 2. The zero-order valence-corrected chi connectivity index (χ0v) is 11.7. The Morgan fingerprint density at radius 3 is 2.41 bits per heavy atom. The van der Waals surface area contributed by atoms with Crippen molar-refractivity contribution in [1.82, 2.24) is 4.42 Å². The van der Waals surface area contributed by atoms with Gasteiger partial charge in [0.15, 0.2) is 0 Å². The number of halogens is 1. The Labute approximate surface area is 110 Å². The summed E-state index contributed by atoms with van der Waals surface area (Å²) in [6.07, 6.45) is 2.15. The molecule has 0 aliphatic carbocycles.